The summed E-state index contributed by atoms with van der Waals surface area (Å²) in [6.45, 7) is 1.31. The van der Waals surface area contributed by atoms with E-state index in [1.54, 1.807) is 11.3 Å². The molecule has 4 nitrogen and oxygen atoms in total. The van der Waals surface area contributed by atoms with Crippen molar-refractivity contribution in [3.05, 3.63) is 40.7 Å². The Labute approximate surface area is 128 Å². The summed E-state index contributed by atoms with van der Waals surface area (Å²) in [5.41, 5.74) is 2.13. The van der Waals surface area contributed by atoms with Gasteiger partial charge in [-0.2, -0.15) is 0 Å². The fraction of sp³-hybridized carbons (Fsp3) is 0.375. The Morgan fingerprint density at radius 2 is 2.24 bits per heavy atom. The number of amides is 1. The SMILES string of the molecule is O=C(NCCc1nc(-c2ccccc2)cs1)C1CCCO1. The van der Waals surface area contributed by atoms with Crippen LogP contribution in [0.2, 0.25) is 0 Å². The van der Waals surface area contributed by atoms with Gasteiger partial charge < -0.3 is 10.1 Å². The van der Waals surface area contributed by atoms with Crippen LogP contribution in [0.5, 0.6) is 0 Å². The zero-order chi connectivity index (χ0) is 14.5. The molecule has 0 saturated carbocycles. The highest BCUT2D eigenvalue weighted by molar-refractivity contribution is 7.09. The van der Waals surface area contributed by atoms with Crippen LogP contribution in [0, 0.1) is 0 Å². The van der Waals surface area contributed by atoms with Crippen LogP contribution >= 0.6 is 11.3 Å². The number of carbonyl (C=O) groups excluding carboxylic acids is 1. The van der Waals surface area contributed by atoms with Gasteiger partial charge in [0.05, 0.1) is 10.7 Å². The zero-order valence-corrected chi connectivity index (χ0v) is 12.6. The van der Waals surface area contributed by atoms with Crippen molar-refractivity contribution in [3.63, 3.8) is 0 Å². The van der Waals surface area contributed by atoms with Crippen LogP contribution in [0.25, 0.3) is 11.3 Å². The van der Waals surface area contributed by atoms with Gasteiger partial charge in [0, 0.05) is 30.5 Å². The number of ether oxygens (including phenoxy) is 1. The van der Waals surface area contributed by atoms with Gasteiger partial charge in [0.25, 0.3) is 0 Å². The van der Waals surface area contributed by atoms with Crippen LogP contribution in [-0.4, -0.2) is 30.1 Å². The Kier molecular flexibility index (Phi) is 4.62. The normalized spacial score (nSPS) is 17.8. The molecule has 2 heterocycles. The molecule has 1 aromatic heterocycles. The monoisotopic (exact) mass is 302 g/mol. The predicted molar refractivity (Wildman–Crippen MR) is 83.2 cm³/mol. The van der Waals surface area contributed by atoms with Crippen molar-refractivity contribution < 1.29 is 9.53 Å². The van der Waals surface area contributed by atoms with Crippen molar-refractivity contribution in [2.24, 2.45) is 0 Å². The van der Waals surface area contributed by atoms with Gasteiger partial charge in [-0.3, -0.25) is 4.79 Å². The van der Waals surface area contributed by atoms with Crippen LogP contribution in [-0.2, 0) is 16.0 Å². The minimum atomic E-state index is -0.249. The molecule has 2 aromatic rings. The molecule has 110 valence electrons. The smallest absolute Gasteiger partial charge is 0.249 e. The number of rotatable bonds is 5. The van der Waals surface area contributed by atoms with E-state index in [-0.39, 0.29) is 12.0 Å². The molecule has 1 aromatic carbocycles. The Morgan fingerprint density at radius 1 is 1.38 bits per heavy atom. The molecule has 0 spiro atoms. The summed E-state index contributed by atoms with van der Waals surface area (Å²) in [5.74, 6) is 0.00680. The van der Waals surface area contributed by atoms with E-state index in [9.17, 15) is 4.79 Å². The molecule has 1 aliphatic heterocycles. The molecule has 1 aliphatic rings. The summed E-state index contributed by atoms with van der Waals surface area (Å²) in [6, 6.07) is 10.1. The van der Waals surface area contributed by atoms with E-state index >= 15 is 0 Å². The summed E-state index contributed by atoms with van der Waals surface area (Å²) >= 11 is 1.63. The quantitative estimate of drug-likeness (QED) is 0.924. The highest BCUT2D eigenvalue weighted by Crippen LogP contribution is 2.21. The Hall–Kier alpha value is -1.72. The first-order chi connectivity index (χ1) is 10.3. The molecule has 3 rings (SSSR count). The first kappa shape index (κ1) is 14.2. The summed E-state index contributed by atoms with van der Waals surface area (Å²) in [5, 5.41) is 6.03. The summed E-state index contributed by atoms with van der Waals surface area (Å²) in [4.78, 5) is 16.4. The number of nitrogens with zero attached hydrogens (tertiary/aromatic N) is 1. The van der Waals surface area contributed by atoms with Gasteiger partial charge in [-0.15, -0.1) is 11.3 Å². The number of thiazole rings is 1. The average Bonchev–Trinajstić information content (AvgIpc) is 3.20. The van der Waals surface area contributed by atoms with E-state index in [0.717, 1.165) is 35.5 Å². The van der Waals surface area contributed by atoms with Gasteiger partial charge in [0.1, 0.15) is 6.10 Å². The second-order valence-electron chi connectivity index (χ2n) is 5.04. The fourth-order valence-electron chi connectivity index (χ4n) is 2.36. The third kappa shape index (κ3) is 3.68. The third-order valence-corrected chi connectivity index (χ3v) is 4.39. The molecule has 0 aliphatic carbocycles. The first-order valence-electron chi connectivity index (χ1n) is 7.22. The molecule has 0 radical (unpaired) electrons. The van der Waals surface area contributed by atoms with Crippen molar-refractivity contribution in [2.45, 2.75) is 25.4 Å². The lowest BCUT2D eigenvalue weighted by atomic mass is 10.2. The maximum absolute atomic E-state index is 11.8. The van der Waals surface area contributed by atoms with Crippen LogP contribution < -0.4 is 5.32 Å². The lowest BCUT2D eigenvalue weighted by molar-refractivity contribution is -0.129. The second-order valence-corrected chi connectivity index (χ2v) is 5.98. The van der Waals surface area contributed by atoms with E-state index in [1.165, 1.54) is 0 Å². The van der Waals surface area contributed by atoms with Crippen LogP contribution in [0.15, 0.2) is 35.7 Å². The largest absolute Gasteiger partial charge is 0.368 e. The Balaban J connectivity index is 1.50. The number of benzene rings is 1. The van der Waals surface area contributed by atoms with Crippen molar-refractivity contribution in [2.75, 3.05) is 13.2 Å². The van der Waals surface area contributed by atoms with Gasteiger partial charge in [-0.1, -0.05) is 30.3 Å². The van der Waals surface area contributed by atoms with Crippen molar-refractivity contribution >= 4 is 17.2 Å². The van der Waals surface area contributed by atoms with Gasteiger partial charge in [0.2, 0.25) is 5.91 Å². The van der Waals surface area contributed by atoms with E-state index in [1.807, 2.05) is 18.2 Å². The number of hydrogen-bond acceptors (Lipinski definition) is 4. The van der Waals surface area contributed by atoms with Crippen molar-refractivity contribution in [1.82, 2.24) is 10.3 Å². The van der Waals surface area contributed by atoms with Crippen LogP contribution in [0.1, 0.15) is 17.8 Å². The third-order valence-electron chi connectivity index (χ3n) is 3.48. The van der Waals surface area contributed by atoms with Gasteiger partial charge in [-0.05, 0) is 12.8 Å². The Bertz CT molecular complexity index is 591. The number of hydrogen-bond donors (Lipinski definition) is 1. The molecule has 1 saturated heterocycles. The number of carbonyl (C=O) groups is 1. The molecular formula is C16H18N2O2S. The molecule has 1 unspecified atom stereocenters. The second kappa shape index (κ2) is 6.83. The van der Waals surface area contributed by atoms with E-state index in [2.05, 4.69) is 27.8 Å². The highest BCUT2D eigenvalue weighted by Gasteiger charge is 2.22. The van der Waals surface area contributed by atoms with Crippen LogP contribution in [0.4, 0.5) is 0 Å². The van der Waals surface area contributed by atoms with Crippen molar-refractivity contribution in [3.8, 4) is 11.3 Å². The van der Waals surface area contributed by atoms with Gasteiger partial charge in [-0.25, -0.2) is 4.98 Å². The predicted octanol–water partition coefficient (Wildman–Crippen LogP) is 2.65. The van der Waals surface area contributed by atoms with E-state index in [0.29, 0.717) is 13.2 Å². The van der Waals surface area contributed by atoms with Gasteiger partial charge >= 0.3 is 0 Å². The minimum Gasteiger partial charge on any atom is -0.368 e. The summed E-state index contributed by atoms with van der Waals surface area (Å²) in [6.07, 6.45) is 2.32. The maximum atomic E-state index is 11.8. The van der Waals surface area contributed by atoms with Crippen molar-refractivity contribution in [1.29, 1.82) is 0 Å². The standard InChI is InChI=1S/C16H18N2O2S/c19-16(14-7-4-10-20-14)17-9-8-15-18-13(11-21-15)12-5-2-1-3-6-12/h1-3,5-6,11,14H,4,7-10H2,(H,17,19). The molecule has 0 bridgehead atoms. The Morgan fingerprint density at radius 3 is 3.00 bits per heavy atom. The van der Waals surface area contributed by atoms with Gasteiger partial charge in [0.15, 0.2) is 0 Å². The molecule has 1 amide bonds. The summed E-state index contributed by atoms with van der Waals surface area (Å²) in [7, 11) is 0. The minimum absolute atomic E-state index is 0.00680. The van der Waals surface area contributed by atoms with Crippen LogP contribution in [0.3, 0.4) is 0 Å². The highest BCUT2D eigenvalue weighted by atomic mass is 32.1. The topological polar surface area (TPSA) is 51.2 Å². The molecule has 21 heavy (non-hydrogen) atoms. The molecule has 5 heteroatoms. The zero-order valence-electron chi connectivity index (χ0n) is 11.7. The maximum Gasteiger partial charge on any atom is 0.249 e. The first-order valence-corrected chi connectivity index (χ1v) is 8.10. The molecule has 1 atom stereocenters. The summed E-state index contributed by atoms with van der Waals surface area (Å²) < 4.78 is 5.35. The average molecular weight is 302 g/mol. The van der Waals surface area contributed by atoms with E-state index < -0.39 is 0 Å². The lowest BCUT2D eigenvalue weighted by Gasteiger charge is -2.09. The lowest BCUT2D eigenvalue weighted by Crippen LogP contribution is -2.35. The molecule has 1 N–H and O–H groups in total. The number of aromatic nitrogens is 1. The van der Waals surface area contributed by atoms with E-state index in [4.69, 9.17) is 4.74 Å². The fourth-order valence-corrected chi connectivity index (χ4v) is 3.17. The molecule has 1 fully saturated rings. The molecular weight excluding hydrogens is 284 g/mol. The number of nitrogens with one attached hydrogen (secondary N) is 1.